The largest absolute Gasteiger partial charge is 0.489 e. The minimum Gasteiger partial charge on any atom is -0.489 e. The minimum absolute atomic E-state index is 0.212. The molecule has 0 saturated carbocycles. The van der Waals surface area contributed by atoms with Crippen LogP contribution in [0.2, 0.25) is 10.0 Å². The van der Waals surface area contributed by atoms with Crippen LogP contribution in [0.4, 0.5) is 5.69 Å². The third kappa shape index (κ3) is 2.94. The highest BCUT2D eigenvalue weighted by Gasteiger charge is 2.26. The number of fused-ring (bicyclic) bond motifs is 1. The Morgan fingerprint density at radius 2 is 2.04 bits per heavy atom. The van der Waals surface area contributed by atoms with Crippen molar-refractivity contribution in [1.82, 2.24) is 14.8 Å². The highest BCUT2D eigenvalue weighted by Crippen LogP contribution is 2.31. The number of aromatic nitrogens is 3. The van der Waals surface area contributed by atoms with Crippen LogP contribution in [0.1, 0.15) is 10.5 Å². The van der Waals surface area contributed by atoms with E-state index in [0.29, 0.717) is 40.3 Å². The molecule has 25 heavy (non-hydrogen) atoms. The Labute approximate surface area is 153 Å². The van der Waals surface area contributed by atoms with Gasteiger partial charge in [0, 0.05) is 18.5 Å². The lowest BCUT2D eigenvalue weighted by molar-refractivity contribution is 0.0971. The van der Waals surface area contributed by atoms with E-state index in [0.717, 1.165) is 5.69 Å². The highest BCUT2D eigenvalue weighted by atomic mass is 35.5. The number of carbonyl (C=O) groups is 1. The predicted octanol–water partition coefficient (Wildman–Crippen LogP) is 3.61. The van der Waals surface area contributed by atoms with Crippen LogP contribution >= 0.6 is 23.2 Å². The van der Waals surface area contributed by atoms with Crippen molar-refractivity contribution >= 4 is 34.8 Å². The fourth-order valence-electron chi connectivity index (χ4n) is 2.62. The predicted molar refractivity (Wildman–Crippen MR) is 95.0 cm³/mol. The van der Waals surface area contributed by atoms with Gasteiger partial charge in [-0.2, -0.15) is 5.10 Å². The summed E-state index contributed by atoms with van der Waals surface area (Å²) in [6, 6.07) is 8.56. The van der Waals surface area contributed by atoms with Crippen LogP contribution < -0.4 is 9.64 Å². The van der Waals surface area contributed by atoms with Crippen LogP contribution in [0, 0.1) is 0 Å². The molecule has 4 rings (SSSR count). The van der Waals surface area contributed by atoms with Gasteiger partial charge in [-0.25, -0.2) is 4.68 Å². The molecular formula is C17H12Cl2N4O2. The van der Waals surface area contributed by atoms with Crippen LogP contribution in [0.3, 0.4) is 0 Å². The molecule has 126 valence electrons. The number of nitrogens with zero attached hydrogens (tertiary/aromatic N) is 4. The number of hydrogen-bond acceptors (Lipinski definition) is 4. The maximum absolute atomic E-state index is 12.8. The number of ether oxygens (including phenoxy) is 1. The van der Waals surface area contributed by atoms with Crippen LogP contribution in [-0.2, 0) is 0 Å². The number of rotatable bonds is 2. The van der Waals surface area contributed by atoms with Gasteiger partial charge in [0.15, 0.2) is 5.69 Å². The standard InChI is InChI=1S/C17H12Cl2N4O2/c18-12-2-1-11(9-13(12)19)23-6-4-14(21-23)17(24)22-7-8-25-16-3-5-20-10-15(16)22/h1-6,9-10H,7-8H2. The number of benzene rings is 1. The Morgan fingerprint density at radius 1 is 1.16 bits per heavy atom. The van der Waals surface area contributed by atoms with Gasteiger partial charge < -0.3 is 4.74 Å². The summed E-state index contributed by atoms with van der Waals surface area (Å²) < 4.78 is 7.14. The average Bonchev–Trinajstić information content (AvgIpc) is 3.13. The molecule has 1 aliphatic rings. The number of pyridine rings is 1. The van der Waals surface area contributed by atoms with E-state index < -0.39 is 0 Å². The monoisotopic (exact) mass is 374 g/mol. The summed E-state index contributed by atoms with van der Waals surface area (Å²) in [5.74, 6) is 0.426. The lowest BCUT2D eigenvalue weighted by Gasteiger charge is -2.28. The second-order valence-corrected chi connectivity index (χ2v) is 6.21. The summed E-state index contributed by atoms with van der Waals surface area (Å²) in [5, 5.41) is 5.25. The topological polar surface area (TPSA) is 60.2 Å². The van der Waals surface area contributed by atoms with Gasteiger partial charge in [0.1, 0.15) is 18.0 Å². The Morgan fingerprint density at radius 3 is 2.88 bits per heavy atom. The Bertz CT molecular complexity index is 957. The van der Waals surface area contributed by atoms with E-state index >= 15 is 0 Å². The van der Waals surface area contributed by atoms with Crippen molar-refractivity contribution in [3.8, 4) is 11.4 Å². The summed E-state index contributed by atoms with van der Waals surface area (Å²) in [6.07, 6.45) is 4.95. The molecule has 1 aliphatic heterocycles. The highest BCUT2D eigenvalue weighted by molar-refractivity contribution is 6.42. The molecule has 6 nitrogen and oxygen atoms in total. The van der Waals surface area contributed by atoms with E-state index in [1.54, 1.807) is 58.5 Å². The van der Waals surface area contributed by atoms with E-state index in [9.17, 15) is 4.79 Å². The van der Waals surface area contributed by atoms with Crippen molar-refractivity contribution < 1.29 is 9.53 Å². The van der Waals surface area contributed by atoms with Crippen molar-refractivity contribution in [3.63, 3.8) is 0 Å². The summed E-state index contributed by atoms with van der Waals surface area (Å²) in [4.78, 5) is 18.5. The molecule has 0 unspecified atom stereocenters. The zero-order chi connectivity index (χ0) is 17.4. The second-order valence-electron chi connectivity index (χ2n) is 5.39. The maximum atomic E-state index is 12.8. The van der Waals surface area contributed by atoms with E-state index in [1.807, 2.05) is 0 Å². The molecule has 2 aromatic heterocycles. The van der Waals surface area contributed by atoms with Gasteiger partial charge in [0.2, 0.25) is 0 Å². The molecule has 0 bridgehead atoms. The summed E-state index contributed by atoms with van der Waals surface area (Å²) in [7, 11) is 0. The van der Waals surface area contributed by atoms with Gasteiger partial charge in [0.25, 0.3) is 5.91 Å². The first-order valence-electron chi connectivity index (χ1n) is 7.53. The number of halogens is 2. The molecule has 0 spiro atoms. The molecule has 0 radical (unpaired) electrons. The van der Waals surface area contributed by atoms with E-state index in [2.05, 4.69) is 10.1 Å². The SMILES string of the molecule is O=C(c1ccn(-c2ccc(Cl)c(Cl)c2)n1)N1CCOc2ccncc21. The summed E-state index contributed by atoms with van der Waals surface area (Å²) >= 11 is 12.0. The molecule has 1 amide bonds. The van der Waals surface area contributed by atoms with Crippen LogP contribution in [0.15, 0.2) is 48.9 Å². The molecule has 0 saturated heterocycles. The first-order chi connectivity index (χ1) is 12.1. The molecule has 1 aromatic carbocycles. The van der Waals surface area contributed by atoms with Crippen molar-refractivity contribution in [3.05, 3.63) is 64.7 Å². The van der Waals surface area contributed by atoms with Crippen molar-refractivity contribution in [2.45, 2.75) is 0 Å². The quantitative estimate of drug-likeness (QED) is 0.687. The van der Waals surface area contributed by atoms with Gasteiger partial charge in [-0.05, 0) is 24.3 Å². The lowest BCUT2D eigenvalue weighted by Crippen LogP contribution is -2.38. The number of hydrogen-bond donors (Lipinski definition) is 0. The average molecular weight is 375 g/mol. The van der Waals surface area contributed by atoms with E-state index in [4.69, 9.17) is 27.9 Å². The molecule has 0 aliphatic carbocycles. The molecule has 0 atom stereocenters. The molecular weight excluding hydrogens is 363 g/mol. The minimum atomic E-state index is -0.212. The van der Waals surface area contributed by atoms with E-state index in [1.165, 1.54) is 0 Å². The first-order valence-corrected chi connectivity index (χ1v) is 8.29. The van der Waals surface area contributed by atoms with Crippen molar-refractivity contribution in [2.75, 3.05) is 18.1 Å². The molecule has 3 aromatic rings. The van der Waals surface area contributed by atoms with Crippen LogP contribution in [-0.4, -0.2) is 33.8 Å². The fraction of sp³-hybridized carbons (Fsp3) is 0.118. The molecule has 8 heteroatoms. The smallest absolute Gasteiger partial charge is 0.279 e. The van der Waals surface area contributed by atoms with E-state index in [-0.39, 0.29) is 5.91 Å². The normalized spacial score (nSPS) is 13.3. The summed E-state index contributed by atoms with van der Waals surface area (Å²) in [6.45, 7) is 0.868. The van der Waals surface area contributed by atoms with Crippen molar-refractivity contribution in [1.29, 1.82) is 0 Å². The Hall–Kier alpha value is -2.57. The van der Waals surface area contributed by atoms with Crippen molar-refractivity contribution in [2.24, 2.45) is 0 Å². The molecule has 0 N–H and O–H groups in total. The van der Waals surface area contributed by atoms with Gasteiger partial charge in [-0.3, -0.25) is 14.7 Å². The maximum Gasteiger partial charge on any atom is 0.279 e. The fourth-order valence-corrected chi connectivity index (χ4v) is 2.92. The molecule has 0 fully saturated rings. The lowest BCUT2D eigenvalue weighted by atomic mass is 10.2. The zero-order valence-electron chi connectivity index (χ0n) is 12.9. The molecule has 3 heterocycles. The van der Waals surface area contributed by atoms with Gasteiger partial charge in [-0.15, -0.1) is 0 Å². The van der Waals surface area contributed by atoms with Gasteiger partial charge in [-0.1, -0.05) is 23.2 Å². The summed E-state index contributed by atoms with van der Waals surface area (Å²) in [5.41, 5.74) is 1.68. The van der Waals surface area contributed by atoms with Crippen LogP contribution in [0.25, 0.3) is 5.69 Å². The number of carbonyl (C=O) groups excluding carboxylic acids is 1. The first kappa shape index (κ1) is 15.9. The number of amides is 1. The Balaban J connectivity index is 1.64. The second kappa shape index (κ2) is 6.38. The third-order valence-electron chi connectivity index (χ3n) is 3.85. The third-order valence-corrected chi connectivity index (χ3v) is 4.58. The van der Waals surface area contributed by atoms with Crippen LogP contribution in [0.5, 0.6) is 5.75 Å². The Kier molecular flexibility index (Phi) is 4.07. The van der Waals surface area contributed by atoms with Gasteiger partial charge in [0.05, 0.1) is 28.5 Å². The zero-order valence-corrected chi connectivity index (χ0v) is 14.4. The van der Waals surface area contributed by atoms with Gasteiger partial charge >= 0.3 is 0 Å². The number of anilines is 1.